The molecule has 2 N–H and O–H groups in total. The van der Waals surface area contributed by atoms with Crippen LogP contribution >= 0.6 is 0 Å². The van der Waals surface area contributed by atoms with E-state index in [1.165, 1.54) is 6.21 Å². The predicted molar refractivity (Wildman–Crippen MR) is 71.4 cm³/mol. The zero-order valence-corrected chi connectivity index (χ0v) is 9.56. The smallest absolute Gasteiger partial charge is 0.124 e. The minimum Gasteiger partial charge on any atom is -0.508 e. The van der Waals surface area contributed by atoms with Gasteiger partial charge in [0.1, 0.15) is 11.5 Å². The van der Waals surface area contributed by atoms with Crippen molar-refractivity contribution in [2.45, 2.75) is 0 Å². The van der Waals surface area contributed by atoms with Crippen molar-refractivity contribution in [1.82, 2.24) is 0 Å². The van der Waals surface area contributed by atoms with Crippen LogP contribution in [0.15, 0.2) is 58.7 Å². The molecule has 0 bridgehead atoms. The average Bonchev–Trinajstić information content (AvgIpc) is 2.39. The maximum Gasteiger partial charge on any atom is 0.124 e. The van der Waals surface area contributed by atoms with Gasteiger partial charge in [-0.25, -0.2) is 0 Å². The number of rotatable bonds is 3. The summed E-state index contributed by atoms with van der Waals surface area (Å²) in [5.74, 6) is 0.381. The van der Waals surface area contributed by atoms with Crippen LogP contribution in [0.2, 0.25) is 0 Å². The maximum atomic E-state index is 9.49. The molecule has 0 amide bonds. The van der Waals surface area contributed by atoms with Gasteiger partial charge in [-0.2, -0.15) is 10.2 Å². The second-order valence-corrected chi connectivity index (χ2v) is 3.64. The van der Waals surface area contributed by atoms with Gasteiger partial charge < -0.3 is 10.2 Å². The van der Waals surface area contributed by atoms with E-state index < -0.39 is 0 Å². The van der Waals surface area contributed by atoms with E-state index in [-0.39, 0.29) is 11.5 Å². The Morgan fingerprint density at radius 2 is 1.44 bits per heavy atom. The van der Waals surface area contributed by atoms with Crippen LogP contribution in [0.1, 0.15) is 11.1 Å². The van der Waals surface area contributed by atoms with Gasteiger partial charge in [-0.1, -0.05) is 12.1 Å². The van der Waals surface area contributed by atoms with Gasteiger partial charge in [0.15, 0.2) is 0 Å². The Morgan fingerprint density at radius 1 is 0.778 bits per heavy atom. The zero-order chi connectivity index (χ0) is 12.8. The normalized spacial score (nSPS) is 11.3. The number of hydrogen-bond donors (Lipinski definition) is 2. The summed E-state index contributed by atoms with van der Waals surface area (Å²) >= 11 is 0. The fraction of sp³-hybridized carbons (Fsp3) is 0. The van der Waals surface area contributed by atoms with Gasteiger partial charge in [0.05, 0.1) is 12.4 Å². The summed E-state index contributed by atoms with van der Waals surface area (Å²) in [5.41, 5.74) is 1.45. The van der Waals surface area contributed by atoms with Gasteiger partial charge >= 0.3 is 0 Å². The second kappa shape index (κ2) is 5.63. The summed E-state index contributed by atoms with van der Waals surface area (Å²) in [6.45, 7) is 0. The first kappa shape index (κ1) is 11.9. The SMILES string of the molecule is Oc1ccc(/C=N\N=C/c2ccccc2O)cc1. The number of para-hydroxylation sites is 1. The number of nitrogens with zero attached hydrogens (tertiary/aromatic N) is 2. The van der Waals surface area contributed by atoms with Crippen LogP contribution in [-0.2, 0) is 0 Å². The summed E-state index contributed by atoms with van der Waals surface area (Å²) < 4.78 is 0. The minimum atomic E-state index is 0.168. The molecule has 2 aromatic carbocycles. The van der Waals surface area contributed by atoms with E-state index >= 15 is 0 Å². The lowest BCUT2D eigenvalue weighted by Gasteiger charge is -1.94. The molecule has 90 valence electrons. The maximum absolute atomic E-state index is 9.49. The summed E-state index contributed by atoms with van der Waals surface area (Å²) in [7, 11) is 0. The van der Waals surface area contributed by atoms with Crippen molar-refractivity contribution in [1.29, 1.82) is 0 Å². The van der Waals surface area contributed by atoms with Crippen molar-refractivity contribution in [3.63, 3.8) is 0 Å². The fourth-order valence-corrected chi connectivity index (χ4v) is 1.35. The summed E-state index contributed by atoms with van der Waals surface area (Å²) in [6, 6.07) is 13.5. The molecule has 0 aliphatic rings. The highest BCUT2D eigenvalue weighted by atomic mass is 16.3. The third-order valence-electron chi connectivity index (χ3n) is 2.30. The molecular formula is C14H12N2O2. The minimum absolute atomic E-state index is 0.168. The highest BCUT2D eigenvalue weighted by Crippen LogP contribution is 2.12. The predicted octanol–water partition coefficient (Wildman–Crippen LogP) is 2.55. The molecule has 2 rings (SSSR count). The van der Waals surface area contributed by atoms with Gasteiger partial charge in [-0.3, -0.25) is 0 Å². The third-order valence-corrected chi connectivity index (χ3v) is 2.30. The Kier molecular flexibility index (Phi) is 3.71. The molecule has 0 heterocycles. The molecule has 2 aromatic rings. The van der Waals surface area contributed by atoms with Crippen molar-refractivity contribution in [3.05, 3.63) is 59.7 Å². The van der Waals surface area contributed by atoms with Crippen LogP contribution < -0.4 is 0 Å². The van der Waals surface area contributed by atoms with E-state index in [1.807, 2.05) is 6.07 Å². The standard InChI is InChI=1S/C14H12N2O2/c17-13-7-5-11(6-8-13)9-15-16-10-12-3-1-2-4-14(12)18/h1-10,17-18H/b15-9-,16-10-. The molecular weight excluding hydrogens is 228 g/mol. The van der Waals surface area contributed by atoms with Crippen molar-refractivity contribution in [2.75, 3.05) is 0 Å². The lowest BCUT2D eigenvalue weighted by molar-refractivity contribution is 0.474. The summed E-state index contributed by atoms with van der Waals surface area (Å²) in [4.78, 5) is 0. The lowest BCUT2D eigenvalue weighted by Crippen LogP contribution is -1.81. The van der Waals surface area contributed by atoms with Crippen LogP contribution in [0.5, 0.6) is 11.5 Å². The molecule has 0 fully saturated rings. The van der Waals surface area contributed by atoms with Gasteiger partial charge in [0.2, 0.25) is 0 Å². The Morgan fingerprint density at radius 3 is 2.17 bits per heavy atom. The number of phenols is 2. The second-order valence-electron chi connectivity index (χ2n) is 3.64. The Bertz CT molecular complexity index is 575. The summed E-state index contributed by atoms with van der Waals surface area (Å²) in [5, 5.41) is 26.3. The Labute approximate surface area is 105 Å². The quantitative estimate of drug-likeness (QED) is 0.639. The molecule has 0 atom stereocenters. The van der Waals surface area contributed by atoms with Crippen molar-refractivity contribution in [3.8, 4) is 11.5 Å². The van der Waals surface area contributed by atoms with E-state index in [1.54, 1.807) is 48.7 Å². The fourth-order valence-electron chi connectivity index (χ4n) is 1.35. The van der Waals surface area contributed by atoms with Gasteiger partial charge in [0, 0.05) is 5.56 Å². The first-order chi connectivity index (χ1) is 8.75. The van der Waals surface area contributed by atoms with E-state index in [4.69, 9.17) is 5.11 Å². The van der Waals surface area contributed by atoms with E-state index in [9.17, 15) is 5.11 Å². The summed E-state index contributed by atoms with van der Waals surface area (Å²) in [6.07, 6.45) is 3.04. The molecule has 18 heavy (non-hydrogen) atoms. The largest absolute Gasteiger partial charge is 0.508 e. The molecule has 0 radical (unpaired) electrons. The molecule has 0 saturated carbocycles. The Balaban J connectivity index is 2.03. The monoisotopic (exact) mass is 240 g/mol. The molecule has 0 unspecified atom stereocenters. The van der Waals surface area contributed by atoms with Gasteiger partial charge in [0.25, 0.3) is 0 Å². The van der Waals surface area contributed by atoms with Crippen LogP contribution in [-0.4, -0.2) is 22.6 Å². The van der Waals surface area contributed by atoms with E-state index in [0.29, 0.717) is 5.56 Å². The molecule has 0 aromatic heterocycles. The number of hydrogen-bond acceptors (Lipinski definition) is 4. The molecule has 0 aliphatic heterocycles. The van der Waals surface area contributed by atoms with Crippen LogP contribution in [0, 0.1) is 0 Å². The van der Waals surface area contributed by atoms with Crippen LogP contribution in [0.4, 0.5) is 0 Å². The first-order valence-electron chi connectivity index (χ1n) is 5.39. The molecule has 0 spiro atoms. The third kappa shape index (κ3) is 3.18. The zero-order valence-electron chi connectivity index (χ0n) is 9.56. The number of aromatic hydroxyl groups is 2. The van der Waals surface area contributed by atoms with Crippen molar-refractivity contribution < 1.29 is 10.2 Å². The average molecular weight is 240 g/mol. The first-order valence-corrected chi connectivity index (χ1v) is 5.39. The van der Waals surface area contributed by atoms with Gasteiger partial charge in [-0.05, 0) is 42.0 Å². The molecule has 4 nitrogen and oxygen atoms in total. The molecule has 0 saturated heterocycles. The molecule has 0 aliphatic carbocycles. The lowest BCUT2D eigenvalue weighted by atomic mass is 10.2. The number of phenolic OH excluding ortho intramolecular Hbond substituents is 2. The topological polar surface area (TPSA) is 65.2 Å². The highest BCUT2D eigenvalue weighted by Gasteiger charge is 1.93. The van der Waals surface area contributed by atoms with Crippen LogP contribution in [0.25, 0.3) is 0 Å². The highest BCUT2D eigenvalue weighted by molar-refractivity contribution is 5.84. The Hall–Kier alpha value is -2.62. The van der Waals surface area contributed by atoms with E-state index in [2.05, 4.69) is 10.2 Å². The van der Waals surface area contributed by atoms with Crippen molar-refractivity contribution >= 4 is 12.4 Å². The van der Waals surface area contributed by atoms with Gasteiger partial charge in [-0.15, -0.1) is 0 Å². The van der Waals surface area contributed by atoms with E-state index in [0.717, 1.165) is 5.56 Å². The molecule has 4 heteroatoms. The van der Waals surface area contributed by atoms with Crippen LogP contribution in [0.3, 0.4) is 0 Å². The number of benzene rings is 2. The van der Waals surface area contributed by atoms with Crippen molar-refractivity contribution in [2.24, 2.45) is 10.2 Å².